The summed E-state index contributed by atoms with van der Waals surface area (Å²) in [4.78, 5) is 22.5. The van der Waals surface area contributed by atoms with Crippen molar-refractivity contribution in [3.8, 4) is 5.75 Å². The minimum atomic E-state index is -4.79. The van der Waals surface area contributed by atoms with Crippen molar-refractivity contribution in [2.45, 2.75) is 51.4 Å². The molecule has 0 unspecified atom stereocenters. The van der Waals surface area contributed by atoms with Crippen LogP contribution in [-0.2, 0) is 16.0 Å². The maximum atomic E-state index is 12.3. The first-order valence-corrected chi connectivity index (χ1v) is 7.35. The molecule has 0 aliphatic heterocycles. The number of hydrogen-bond acceptors (Lipinski definition) is 3. The van der Waals surface area contributed by atoms with Gasteiger partial charge in [0.2, 0.25) is 5.91 Å². The smallest absolute Gasteiger partial charge is 0.481 e. The maximum Gasteiger partial charge on any atom is 0.573 e. The molecule has 1 rings (SSSR count). The van der Waals surface area contributed by atoms with E-state index < -0.39 is 17.9 Å². The van der Waals surface area contributed by atoms with Gasteiger partial charge < -0.3 is 15.2 Å². The summed E-state index contributed by atoms with van der Waals surface area (Å²) in [5, 5.41) is 11.4. The monoisotopic (exact) mass is 347 g/mol. The molecule has 0 aromatic heterocycles. The van der Waals surface area contributed by atoms with Crippen molar-refractivity contribution in [2.24, 2.45) is 0 Å². The average molecular weight is 347 g/mol. The Hall–Kier alpha value is -2.25. The number of halogens is 3. The molecular formula is C16H20F3NO4. The molecule has 134 valence electrons. The summed E-state index contributed by atoms with van der Waals surface area (Å²) in [6.07, 6.45) is -4.59. The van der Waals surface area contributed by atoms with E-state index in [4.69, 9.17) is 5.11 Å². The minimum Gasteiger partial charge on any atom is -0.481 e. The van der Waals surface area contributed by atoms with Crippen LogP contribution in [-0.4, -0.2) is 28.9 Å². The zero-order valence-electron chi connectivity index (χ0n) is 13.4. The van der Waals surface area contributed by atoms with E-state index >= 15 is 0 Å². The Morgan fingerprint density at radius 3 is 2.38 bits per heavy atom. The van der Waals surface area contributed by atoms with Crippen molar-refractivity contribution in [1.82, 2.24) is 5.32 Å². The molecule has 24 heavy (non-hydrogen) atoms. The Morgan fingerprint density at radius 1 is 1.17 bits per heavy atom. The number of para-hydroxylation sites is 1. The van der Waals surface area contributed by atoms with Crippen molar-refractivity contribution < 1.29 is 32.6 Å². The molecule has 0 radical (unpaired) electrons. The first-order chi connectivity index (χ1) is 11.0. The van der Waals surface area contributed by atoms with Gasteiger partial charge in [-0.1, -0.05) is 18.2 Å². The highest BCUT2D eigenvalue weighted by molar-refractivity contribution is 5.77. The van der Waals surface area contributed by atoms with Crippen LogP contribution in [0.1, 0.15) is 38.7 Å². The van der Waals surface area contributed by atoms with Crippen LogP contribution in [0.2, 0.25) is 0 Å². The minimum absolute atomic E-state index is 0.0330. The summed E-state index contributed by atoms with van der Waals surface area (Å²) in [5.41, 5.74) is -0.439. The van der Waals surface area contributed by atoms with E-state index in [1.165, 1.54) is 18.2 Å². The van der Waals surface area contributed by atoms with Crippen LogP contribution in [0.25, 0.3) is 0 Å². The predicted molar refractivity (Wildman–Crippen MR) is 80.5 cm³/mol. The maximum absolute atomic E-state index is 12.3. The normalized spacial score (nSPS) is 11.9. The second-order valence-electron chi connectivity index (χ2n) is 5.98. The summed E-state index contributed by atoms with van der Waals surface area (Å²) in [6.45, 7) is 3.38. The molecule has 0 aliphatic carbocycles. The van der Waals surface area contributed by atoms with Crippen molar-refractivity contribution in [2.75, 3.05) is 0 Å². The molecule has 0 spiro atoms. The number of carboxylic acid groups (broad SMARTS) is 1. The van der Waals surface area contributed by atoms with Gasteiger partial charge >= 0.3 is 12.3 Å². The molecule has 0 atom stereocenters. The fourth-order valence-corrected chi connectivity index (χ4v) is 2.10. The first kappa shape index (κ1) is 19.8. The third-order valence-electron chi connectivity index (χ3n) is 3.26. The largest absolute Gasteiger partial charge is 0.573 e. The van der Waals surface area contributed by atoms with Gasteiger partial charge in [-0.05, 0) is 38.3 Å². The third kappa shape index (κ3) is 7.85. The molecular weight excluding hydrogens is 327 g/mol. The van der Waals surface area contributed by atoms with Crippen LogP contribution in [0.3, 0.4) is 0 Å². The molecule has 8 heteroatoms. The second kappa shape index (κ2) is 8.03. The van der Waals surface area contributed by atoms with Crippen LogP contribution < -0.4 is 10.1 Å². The molecule has 2 N–H and O–H groups in total. The number of nitrogens with one attached hydrogen (secondary N) is 1. The quantitative estimate of drug-likeness (QED) is 0.757. The van der Waals surface area contributed by atoms with Crippen LogP contribution in [0.15, 0.2) is 24.3 Å². The highest BCUT2D eigenvalue weighted by Gasteiger charge is 2.32. The fourth-order valence-electron chi connectivity index (χ4n) is 2.10. The number of benzene rings is 1. The molecule has 0 aliphatic rings. The van der Waals surface area contributed by atoms with Gasteiger partial charge in [0, 0.05) is 18.4 Å². The van der Waals surface area contributed by atoms with Crippen molar-refractivity contribution in [1.29, 1.82) is 0 Å². The van der Waals surface area contributed by atoms with Gasteiger partial charge in [-0.15, -0.1) is 13.2 Å². The topological polar surface area (TPSA) is 75.6 Å². The first-order valence-electron chi connectivity index (χ1n) is 7.35. The molecule has 0 saturated carbocycles. The van der Waals surface area contributed by atoms with E-state index in [0.29, 0.717) is 0 Å². The van der Waals surface area contributed by atoms with Gasteiger partial charge in [0.25, 0.3) is 0 Å². The Balaban J connectivity index is 2.60. The number of rotatable bonds is 8. The zero-order valence-corrected chi connectivity index (χ0v) is 13.4. The number of amides is 1. The van der Waals surface area contributed by atoms with Crippen LogP contribution in [0, 0.1) is 0 Å². The summed E-state index contributed by atoms with van der Waals surface area (Å²) in [5.74, 6) is -1.66. The Kier molecular flexibility index (Phi) is 6.62. The lowest BCUT2D eigenvalue weighted by Gasteiger charge is -2.25. The summed E-state index contributed by atoms with van der Waals surface area (Å²) < 4.78 is 41.0. The highest BCUT2D eigenvalue weighted by Crippen LogP contribution is 2.27. The van der Waals surface area contributed by atoms with E-state index in [0.717, 1.165) is 0 Å². The number of aliphatic carboxylic acids is 1. The standard InChI is InChI=1S/C16H20F3NO4/c1-15(2,10-9-14(22)23)20-13(21)8-7-11-5-3-4-6-12(11)24-16(17,18)19/h3-6H,7-10H2,1-2H3,(H,20,21)(H,22,23). The Morgan fingerprint density at radius 2 is 1.79 bits per heavy atom. The molecule has 0 fully saturated rings. The number of carboxylic acids is 1. The second-order valence-corrected chi connectivity index (χ2v) is 5.98. The molecule has 0 bridgehead atoms. The van der Waals surface area contributed by atoms with Crippen LogP contribution >= 0.6 is 0 Å². The van der Waals surface area contributed by atoms with Gasteiger partial charge in [0.05, 0.1) is 0 Å². The van der Waals surface area contributed by atoms with E-state index in [9.17, 15) is 22.8 Å². The summed E-state index contributed by atoms with van der Waals surface area (Å²) in [6, 6.07) is 5.63. The molecule has 0 saturated heterocycles. The third-order valence-corrected chi connectivity index (χ3v) is 3.26. The number of carbonyl (C=O) groups is 2. The zero-order chi connectivity index (χ0) is 18.4. The lowest BCUT2D eigenvalue weighted by molar-refractivity contribution is -0.274. The molecule has 5 nitrogen and oxygen atoms in total. The SMILES string of the molecule is CC(C)(CCC(=O)O)NC(=O)CCc1ccccc1OC(F)(F)F. The Labute approximate surface area is 137 Å². The van der Waals surface area contributed by atoms with Gasteiger partial charge in [0.15, 0.2) is 0 Å². The average Bonchev–Trinajstić information content (AvgIpc) is 2.42. The van der Waals surface area contributed by atoms with E-state index in [-0.39, 0.29) is 42.9 Å². The molecule has 0 heterocycles. The summed E-state index contributed by atoms with van der Waals surface area (Å²) in [7, 11) is 0. The van der Waals surface area contributed by atoms with Gasteiger partial charge in [-0.3, -0.25) is 9.59 Å². The number of alkyl halides is 3. The highest BCUT2D eigenvalue weighted by atomic mass is 19.4. The van der Waals surface area contributed by atoms with Crippen LogP contribution in [0.4, 0.5) is 13.2 Å². The lowest BCUT2D eigenvalue weighted by Crippen LogP contribution is -2.43. The number of hydrogen-bond donors (Lipinski definition) is 2. The predicted octanol–water partition coefficient (Wildman–Crippen LogP) is 3.28. The summed E-state index contributed by atoms with van der Waals surface area (Å²) >= 11 is 0. The lowest BCUT2D eigenvalue weighted by atomic mass is 9.98. The van der Waals surface area contributed by atoms with E-state index in [2.05, 4.69) is 10.1 Å². The van der Waals surface area contributed by atoms with Gasteiger partial charge in [0.1, 0.15) is 5.75 Å². The Bertz CT molecular complexity index is 585. The van der Waals surface area contributed by atoms with Gasteiger partial charge in [-0.2, -0.15) is 0 Å². The van der Waals surface area contributed by atoms with Crippen molar-refractivity contribution >= 4 is 11.9 Å². The van der Waals surface area contributed by atoms with Gasteiger partial charge in [-0.25, -0.2) is 0 Å². The molecule has 1 aromatic carbocycles. The van der Waals surface area contributed by atoms with E-state index in [1.807, 2.05) is 0 Å². The van der Waals surface area contributed by atoms with Crippen LogP contribution in [0.5, 0.6) is 5.75 Å². The van der Waals surface area contributed by atoms with E-state index in [1.54, 1.807) is 19.9 Å². The number of aryl methyl sites for hydroxylation is 1. The number of carbonyl (C=O) groups excluding carboxylic acids is 1. The molecule has 1 aromatic rings. The van der Waals surface area contributed by atoms with Crippen molar-refractivity contribution in [3.63, 3.8) is 0 Å². The van der Waals surface area contributed by atoms with Crippen molar-refractivity contribution in [3.05, 3.63) is 29.8 Å². The molecule has 1 amide bonds. The number of ether oxygens (including phenoxy) is 1. The fraction of sp³-hybridized carbons (Fsp3) is 0.500.